The molecule has 0 saturated heterocycles. The SMILES string of the molecule is N#Cc1cc(C#N)cc(-n2c(CCN)nc3cccc(Cl)c3c2=O)c1. The van der Waals surface area contributed by atoms with Crippen LogP contribution in [-0.2, 0) is 6.42 Å². The van der Waals surface area contributed by atoms with Crippen LogP contribution in [-0.4, -0.2) is 16.1 Å². The molecule has 0 aliphatic heterocycles. The predicted octanol–water partition coefficient (Wildman–Crippen LogP) is 2.28. The Balaban J connectivity index is 2.43. The Morgan fingerprint density at radius 3 is 2.44 bits per heavy atom. The van der Waals surface area contributed by atoms with E-state index in [-0.39, 0.29) is 22.1 Å². The van der Waals surface area contributed by atoms with Crippen LogP contribution in [0.4, 0.5) is 0 Å². The van der Waals surface area contributed by atoms with Gasteiger partial charge in [0.25, 0.3) is 5.56 Å². The first kappa shape index (κ1) is 16.7. The Morgan fingerprint density at radius 2 is 1.84 bits per heavy atom. The fourth-order valence-electron chi connectivity index (χ4n) is 2.67. The van der Waals surface area contributed by atoms with E-state index in [0.717, 1.165) is 0 Å². The number of benzene rings is 2. The van der Waals surface area contributed by atoms with Crippen molar-refractivity contribution in [3.8, 4) is 17.8 Å². The third-order valence-corrected chi connectivity index (χ3v) is 4.03. The van der Waals surface area contributed by atoms with E-state index in [1.54, 1.807) is 18.2 Å². The quantitative estimate of drug-likeness (QED) is 0.780. The zero-order valence-corrected chi connectivity index (χ0v) is 13.8. The lowest BCUT2D eigenvalue weighted by atomic mass is 10.1. The molecule has 122 valence electrons. The maximum atomic E-state index is 13.1. The largest absolute Gasteiger partial charge is 0.330 e. The molecule has 3 aromatic rings. The van der Waals surface area contributed by atoms with Gasteiger partial charge in [0.05, 0.1) is 44.9 Å². The van der Waals surface area contributed by atoms with Gasteiger partial charge >= 0.3 is 0 Å². The minimum Gasteiger partial charge on any atom is -0.330 e. The molecule has 0 unspecified atom stereocenters. The van der Waals surface area contributed by atoms with Crippen LogP contribution in [0.25, 0.3) is 16.6 Å². The summed E-state index contributed by atoms with van der Waals surface area (Å²) in [5.41, 5.74) is 6.72. The van der Waals surface area contributed by atoms with Crippen LogP contribution in [0.5, 0.6) is 0 Å². The van der Waals surface area contributed by atoms with E-state index in [2.05, 4.69) is 4.98 Å². The molecule has 0 atom stereocenters. The maximum Gasteiger partial charge on any atom is 0.267 e. The maximum absolute atomic E-state index is 13.1. The second-order valence-corrected chi connectivity index (χ2v) is 5.74. The van der Waals surface area contributed by atoms with E-state index in [9.17, 15) is 15.3 Å². The van der Waals surface area contributed by atoms with E-state index >= 15 is 0 Å². The first-order chi connectivity index (χ1) is 12.1. The molecule has 7 heteroatoms. The van der Waals surface area contributed by atoms with E-state index in [4.69, 9.17) is 17.3 Å². The van der Waals surface area contributed by atoms with Crippen molar-refractivity contribution in [2.45, 2.75) is 6.42 Å². The fraction of sp³-hybridized carbons (Fsp3) is 0.111. The molecule has 0 radical (unpaired) electrons. The van der Waals surface area contributed by atoms with Gasteiger partial charge in [0.2, 0.25) is 0 Å². The van der Waals surface area contributed by atoms with Crippen molar-refractivity contribution < 1.29 is 0 Å². The molecule has 0 aliphatic carbocycles. The summed E-state index contributed by atoms with van der Waals surface area (Å²) in [7, 11) is 0. The predicted molar refractivity (Wildman–Crippen MR) is 94.5 cm³/mol. The van der Waals surface area contributed by atoms with Crippen molar-refractivity contribution in [3.05, 3.63) is 68.7 Å². The summed E-state index contributed by atoms with van der Waals surface area (Å²) >= 11 is 6.19. The van der Waals surface area contributed by atoms with Crippen molar-refractivity contribution in [3.63, 3.8) is 0 Å². The van der Waals surface area contributed by atoms with Gasteiger partial charge in [0.15, 0.2) is 0 Å². The number of fused-ring (bicyclic) bond motifs is 1. The summed E-state index contributed by atoms with van der Waals surface area (Å²) in [5, 5.41) is 18.9. The highest BCUT2D eigenvalue weighted by Gasteiger charge is 2.15. The number of halogens is 1. The Hall–Kier alpha value is -3.19. The van der Waals surface area contributed by atoms with Gasteiger partial charge in [-0.3, -0.25) is 9.36 Å². The molecule has 0 bridgehead atoms. The molecule has 0 fully saturated rings. The Labute approximate surface area is 148 Å². The molecule has 0 spiro atoms. The van der Waals surface area contributed by atoms with Crippen LogP contribution in [0, 0.1) is 22.7 Å². The number of nitriles is 2. The fourth-order valence-corrected chi connectivity index (χ4v) is 2.92. The number of aromatic nitrogens is 2. The lowest BCUT2D eigenvalue weighted by Gasteiger charge is -2.14. The van der Waals surface area contributed by atoms with Gasteiger partial charge in [-0.2, -0.15) is 10.5 Å². The molecule has 3 rings (SSSR count). The molecular formula is C18H12ClN5O. The molecule has 1 aromatic heterocycles. The summed E-state index contributed by atoms with van der Waals surface area (Å²) in [4.78, 5) is 17.6. The van der Waals surface area contributed by atoms with Crippen LogP contribution in [0.2, 0.25) is 5.02 Å². The third kappa shape index (κ3) is 2.97. The van der Waals surface area contributed by atoms with Gasteiger partial charge in [-0.15, -0.1) is 0 Å². The van der Waals surface area contributed by atoms with Crippen molar-refractivity contribution in [2.75, 3.05) is 6.54 Å². The lowest BCUT2D eigenvalue weighted by Crippen LogP contribution is -2.26. The van der Waals surface area contributed by atoms with Gasteiger partial charge in [0.1, 0.15) is 5.82 Å². The highest BCUT2D eigenvalue weighted by molar-refractivity contribution is 6.35. The molecule has 6 nitrogen and oxygen atoms in total. The molecule has 0 aliphatic rings. The average molecular weight is 350 g/mol. The highest BCUT2D eigenvalue weighted by atomic mass is 35.5. The summed E-state index contributed by atoms with van der Waals surface area (Å²) < 4.78 is 1.36. The van der Waals surface area contributed by atoms with E-state index < -0.39 is 0 Å². The second kappa shape index (κ2) is 6.74. The van der Waals surface area contributed by atoms with Gasteiger partial charge in [-0.25, -0.2) is 4.98 Å². The van der Waals surface area contributed by atoms with Crippen molar-refractivity contribution in [1.29, 1.82) is 10.5 Å². The lowest BCUT2D eigenvalue weighted by molar-refractivity contribution is 0.796. The van der Waals surface area contributed by atoms with Crippen molar-refractivity contribution in [1.82, 2.24) is 9.55 Å². The zero-order valence-electron chi connectivity index (χ0n) is 13.0. The number of nitrogens with zero attached hydrogens (tertiary/aromatic N) is 4. The first-order valence-electron chi connectivity index (χ1n) is 7.45. The Morgan fingerprint density at radius 1 is 1.16 bits per heavy atom. The minimum atomic E-state index is -0.363. The molecule has 0 amide bonds. The van der Waals surface area contributed by atoms with Crippen LogP contribution >= 0.6 is 11.6 Å². The van der Waals surface area contributed by atoms with Crippen LogP contribution in [0.1, 0.15) is 17.0 Å². The van der Waals surface area contributed by atoms with Crippen LogP contribution < -0.4 is 11.3 Å². The van der Waals surface area contributed by atoms with Crippen molar-refractivity contribution in [2.24, 2.45) is 5.73 Å². The highest BCUT2D eigenvalue weighted by Crippen LogP contribution is 2.21. The summed E-state index contributed by atoms with van der Waals surface area (Å²) in [5.74, 6) is 0.446. The third-order valence-electron chi connectivity index (χ3n) is 3.72. The smallest absolute Gasteiger partial charge is 0.267 e. The van der Waals surface area contributed by atoms with Gasteiger partial charge in [0, 0.05) is 6.42 Å². The molecule has 0 saturated carbocycles. The van der Waals surface area contributed by atoms with Gasteiger partial charge in [-0.05, 0) is 36.9 Å². The zero-order chi connectivity index (χ0) is 18.0. The normalized spacial score (nSPS) is 10.4. The van der Waals surface area contributed by atoms with E-state index in [0.29, 0.717) is 35.0 Å². The van der Waals surface area contributed by atoms with Crippen LogP contribution in [0.15, 0.2) is 41.2 Å². The molecular weight excluding hydrogens is 338 g/mol. The summed E-state index contributed by atoms with van der Waals surface area (Å²) in [6, 6.07) is 13.6. The average Bonchev–Trinajstić information content (AvgIpc) is 2.61. The van der Waals surface area contributed by atoms with Gasteiger partial charge in [-0.1, -0.05) is 17.7 Å². The summed E-state index contributed by atoms with van der Waals surface area (Å²) in [6.07, 6.45) is 0.358. The second-order valence-electron chi connectivity index (χ2n) is 5.33. The number of hydrogen-bond acceptors (Lipinski definition) is 5. The molecule has 2 N–H and O–H groups in total. The van der Waals surface area contributed by atoms with E-state index in [1.165, 1.54) is 22.8 Å². The molecule has 25 heavy (non-hydrogen) atoms. The van der Waals surface area contributed by atoms with Crippen molar-refractivity contribution >= 4 is 22.5 Å². The van der Waals surface area contributed by atoms with E-state index in [1.807, 2.05) is 12.1 Å². The van der Waals surface area contributed by atoms with Gasteiger partial charge < -0.3 is 5.73 Å². The topological polar surface area (TPSA) is 108 Å². The number of hydrogen-bond donors (Lipinski definition) is 1. The molecule has 2 aromatic carbocycles. The van der Waals surface area contributed by atoms with Crippen LogP contribution in [0.3, 0.4) is 0 Å². The first-order valence-corrected chi connectivity index (χ1v) is 7.82. The monoisotopic (exact) mass is 349 g/mol. The Bertz CT molecular complexity index is 1090. The molecule has 1 heterocycles. The minimum absolute atomic E-state index is 0.277. The number of nitrogens with two attached hydrogens (primary N) is 1. The Kier molecular flexibility index (Phi) is 4.49. The summed E-state index contributed by atoms with van der Waals surface area (Å²) in [6.45, 7) is 0.293. The number of rotatable bonds is 3. The standard InChI is InChI=1S/C18H12ClN5O/c19-14-2-1-3-15-17(14)18(25)24(16(23-15)4-5-20)13-7-11(9-21)6-12(8-13)10-22/h1-3,6-8H,4-5,20H2.